The third-order valence-electron chi connectivity index (χ3n) is 1.27. The van der Waals surface area contributed by atoms with E-state index in [1.54, 1.807) is 18.2 Å². The van der Waals surface area contributed by atoms with Crippen molar-refractivity contribution < 1.29 is 4.74 Å². The molecule has 0 unspecified atom stereocenters. The summed E-state index contributed by atoms with van der Waals surface area (Å²) in [5.41, 5.74) is 6.13. The Labute approximate surface area is 73.3 Å². The maximum absolute atomic E-state index is 5.68. The molecule has 0 atom stereocenters. The first-order chi connectivity index (χ1) is 5.49. The molecule has 0 fully saturated rings. The van der Waals surface area contributed by atoms with Gasteiger partial charge in [0.05, 0.1) is 5.69 Å². The van der Waals surface area contributed by atoms with Gasteiger partial charge in [-0.15, -0.1) is 0 Å². The molecular formula is C10H14NO. The Balaban J connectivity index is 2.83. The molecule has 0 aromatic heterocycles. The molecule has 0 aliphatic carbocycles. The molecule has 2 nitrogen and oxygen atoms in total. The van der Waals surface area contributed by atoms with Gasteiger partial charge in [-0.25, -0.2) is 0 Å². The number of rotatable bonds is 1. The first kappa shape index (κ1) is 8.91. The van der Waals surface area contributed by atoms with E-state index in [9.17, 15) is 0 Å². The van der Waals surface area contributed by atoms with Gasteiger partial charge in [-0.1, -0.05) is 6.07 Å². The number of nitrogens with two attached hydrogens (primary N) is 1. The number of ether oxygens (including phenoxy) is 1. The standard InChI is InChI=1S/C10H14NO/c1-10(2,3)12-9-7-5-4-6-8(9)11/h4,6-7H,11H2,1-3H3. The van der Waals surface area contributed by atoms with Gasteiger partial charge in [0.1, 0.15) is 11.4 Å². The van der Waals surface area contributed by atoms with Crippen LogP contribution in [0, 0.1) is 6.07 Å². The molecule has 0 bridgehead atoms. The fourth-order valence-corrected chi connectivity index (χ4v) is 0.845. The lowest BCUT2D eigenvalue weighted by atomic mass is 10.2. The summed E-state index contributed by atoms with van der Waals surface area (Å²) in [6, 6.07) is 8.22. The smallest absolute Gasteiger partial charge is 0.143 e. The van der Waals surface area contributed by atoms with E-state index in [0.29, 0.717) is 11.4 Å². The molecule has 1 radical (unpaired) electrons. The van der Waals surface area contributed by atoms with Crippen LogP contribution in [0.15, 0.2) is 18.2 Å². The van der Waals surface area contributed by atoms with Crippen molar-refractivity contribution in [3.05, 3.63) is 24.3 Å². The van der Waals surface area contributed by atoms with Crippen LogP contribution in [0.4, 0.5) is 5.69 Å². The van der Waals surface area contributed by atoms with Crippen LogP contribution in [-0.4, -0.2) is 5.60 Å². The average Bonchev–Trinajstić information content (AvgIpc) is 1.91. The normalized spacial score (nSPS) is 11.2. The van der Waals surface area contributed by atoms with Gasteiger partial charge in [-0.2, -0.15) is 0 Å². The molecule has 2 heteroatoms. The molecule has 1 rings (SSSR count). The van der Waals surface area contributed by atoms with Gasteiger partial charge in [0.2, 0.25) is 0 Å². The third-order valence-corrected chi connectivity index (χ3v) is 1.27. The van der Waals surface area contributed by atoms with Gasteiger partial charge in [0, 0.05) is 0 Å². The SMILES string of the molecule is CC(C)(C)Oc1c[c]ccc1N. The van der Waals surface area contributed by atoms with Crippen molar-refractivity contribution in [1.29, 1.82) is 0 Å². The lowest BCUT2D eigenvalue weighted by Crippen LogP contribution is -2.23. The van der Waals surface area contributed by atoms with Gasteiger partial charge in [-0.3, -0.25) is 0 Å². The third kappa shape index (κ3) is 2.46. The Kier molecular flexibility index (Phi) is 2.27. The summed E-state index contributed by atoms with van der Waals surface area (Å²) in [4.78, 5) is 0. The maximum atomic E-state index is 5.68. The lowest BCUT2D eigenvalue weighted by Gasteiger charge is -2.21. The zero-order chi connectivity index (χ0) is 9.19. The van der Waals surface area contributed by atoms with Gasteiger partial charge >= 0.3 is 0 Å². The van der Waals surface area contributed by atoms with Crippen LogP contribution >= 0.6 is 0 Å². The van der Waals surface area contributed by atoms with Crippen LogP contribution in [0.5, 0.6) is 5.75 Å². The molecule has 2 N–H and O–H groups in total. The highest BCUT2D eigenvalue weighted by Crippen LogP contribution is 2.23. The molecule has 0 heterocycles. The van der Waals surface area contributed by atoms with Crippen LogP contribution in [0.25, 0.3) is 0 Å². The van der Waals surface area contributed by atoms with Crippen LogP contribution in [0.3, 0.4) is 0 Å². The second kappa shape index (κ2) is 3.05. The van der Waals surface area contributed by atoms with E-state index >= 15 is 0 Å². The highest BCUT2D eigenvalue weighted by atomic mass is 16.5. The molecule has 0 aliphatic heterocycles. The summed E-state index contributed by atoms with van der Waals surface area (Å²) in [5.74, 6) is 0.699. The second-order valence-electron chi connectivity index (χ2n) is 3.68. The summed E-state index contributed by atoms with van der Waals surface area (Å²) in [6.07, 6.45) is 0. The summed E-state index contributed by atoms with van der Waals surface area (Å²) in [5, 5.41) is 0. The van der Waals surface area contributed by atoms with E-state index in [2.05, 4.69) is 6.07 Å². The molecule has 1 aromatic rings. The summed E-state index contributed by atoms with van der Waals surface area (Å²) < 4.78 is 5.58. The topological polar surface area (TPSA) is 35.2 Å². The summed E-state index contributed by atoms with van der Waals surface area (Å²) in [7, 11) is 0. The van der Waals surface area contributed by atoms with Crippen molar-refractivity contribution in [3.63, 3.8) is 0 Å². The number of hydrogen-bond donors (Lipinski definition) is 1. The van der Waals surface area contributed by atoms with Gasteiger partial charge < -0.3 is 10.5 Å². The van der Waals surface area contributed by atoms with Crippen LogP contribution in [0.2, 0.25) is 0 Å². The Hall–Kier alpha value is -1.18. The van der Waals surface area contributed by atoms with Crippen LogP contribution < -0.4 is 10.5 Å². The monoisotopic (exact) mass is 164 g/mol. The quantitative estimate of drug-likeness (QED) is 0.646. The number of nitrogen functional groups attached to an aromatic ring is 1. The lowest BCUT2D eigenvalue weighted by molar-refractivity contribution is 0.132. The molecule has 1 aromatic carbocycles. The van der Waals surface area contributed by atoms with Crippen LogP contribution in [0.1, 0.15) is 20.8 Å². The van der Waals surface area contributed by atoms with E-state index < -0.39 is 0 Å². The van der Waals surface area contributed by atoms with Gasteiger partial charge in [0.25, 0.3) is 0 Å². The molecule has 0 saturated carbocycles. The Morgan fingerprint density at radius 2 is 2.08 bits per heavy atom. The minimum Gasteiger partial charge on any atom is -0.486 e. The molecule has 0 saturated heterocycles. The zero-order valence-electron chi connectivity index (χ0n) is 7.72. The second-order valence-corrected chi connectivity index (χ2v) is 3.68. The molecule has 12 heavy (non-hydrogen) atoms. The minimum atomic E-state index is -0.205. The molecule has 65 valence electrons. The van der Waals surface area contributed by atoms with Crippen molar-refractivity contribution in [1.82, 2.24) is 0 Å². The van der Waals surface area contributed by atoms with Gasteiger partial charge in [0.15, 0.2) is 0 Å². The predicted molar refractivity (Wildman–Crippen MR) is 50.1 cm³/mol. The number of hydrogen-bond acceptors (Lipinski definition) is 2. The van der Waals surface area contributed by atoms with E-state index in [1.807, 2.05) is 20.8 Å². The maximum Gasteiger partial charge on any atom is 0.143 e. The highest BCUT2D eigenvalue weighted by Gasteiger charge is 2.12. The van der Waals surface area contributed by atoms with Crippen molar-refractivity contribution >= 4 is 5.69 Å². The van der Waals surface area contributed by atoms with Gasteiger partial charge in [-0.05, 0) is 39.0 Å². The van der Waals surface area contributed by atoms with Crippen molar-refractivity contribution in [3.8, 4) is 5.75 Å². The van der Waals surface area contributed by atoms with E-state index in [0.717, 1.165) is 0 Å². The first-order valence-corrected chi connectivity index (χ1v) is 3.93. The van der Waals surface area contributed by atoms with E-state index in [-0.39, 0.29) is 5.60 Å². The largest absolute Gasteiger partial charge is 0.486 e. The molecule has 0 spiro atoms. The van der Waals surface area contributed by atoms with E-state index in [4.69, 9.17) is 10.5 Å². The number of benzene rings is 1. The molecular weight excluding hydrogens is 150 g/mol. The highest BCUT2D eigenvalue weighted by molar-refractivity contribution is 5.51. The number of anilines is 1. The molecule has 0 amide bonds. The Morgan fingerprint density at radius 1 is 1.42 bits per heavy atom. The van der Waals surface area contributed by atoms with Crippen LogP contribution in [-0.2, 0) is 0 Å². The fourth-order valence-electron chi connectivity index (χ4n) is 0.845. The van der Waals surface area contributed by atoms with Crippen molar-refractivity contribution in [2.45, 2.75) is 26.4 Å². The zero-order valence-corrected chi connectivity index (χ0v) is 7.72. The summed E-state index contributed by atoms with van der Waals surface area (Å²) in [6.45, 7) is 5.96. The predicted octanol–water partition coefficient (Wildman–Crippen LogP) is 2.25. The molecule has 0 aliphatic rings. The van der Waals surface area contributed by atoms with E-state index in [1.165, 1.54) is 0 Å². The van der Waals surface area contributed by atoms with Crippen molar-refractivity contribution in [2.75, 3.05) is 5.73 Å². The average molecular weight is 164 g/mol. The fraction of sp³-hybridized carbons (Fsp3) is 0.400. The summed E-state index contributed by atoms with van der Waals surface area (Å²) >= 11 is 0. The minimum absolute atomic E-state index is 0.205. The van der Waals surface area contributed by atoms with Crippen molar-refractivity contribution in [2.24, 2.45) is 0 Å². The Morgan fingerprint density at radius 3 is 2.58 bits per heavy atom. The first-order valence-electron chi connectivity index (χ1n) is 3.93. The Bertz CT molecular complexity index is 263.